The zero-order chi connectivity index (χ0) is 24.5. The third-order valence-corrected chi connectivity index (χ3v) is 5.35. The minimum Gasteiger partial charge on any atom is -0.494 e. The van der Waals surface area contributed by atoms with Gasteiger partial charge < -0.3 is 19.8 Å². The number of nitrogen functional groups attached to an aromatic ring is 1. The summed E-state index contributed by atoms with van der Waals surface area (Å²) in [7, 11) is 1.52. The Morgan fingerprint density at radius 3 is 2.66 bits per heavy atom. The number of terminal acetylenes is 1. The molecule has 5 aromatic rings. The van der Waals surface area contributed by atoms with Crippen LogP contribution in [0.25, 0.3) is 28.1 Å². The Hall–Kier alpha value is -4.97. The second-order valence-electron chi connectivity index (χ2n) is 7.61. The molecule has 0 bridgehead atoms. The number of fused-ring (bicyclic) bond motifs is 1. The van der Waals surface area contributed by atoms with E-state index in [1.54, 1.807) is 41.1 Å². The summed E-state index contributed by atoms with van der Waals surface area (Å²) in [6, 6.07) is 13.3. The van der Waals surface area contributed by atoms with Gasteiger partial charge in [-0.3, -0.25) is 0 Å². The molecule has 9 heteroatoms. The smallest absolute Gasteiger partial charge is 0.219 e. The highest BCUT2D eigenvalue weighted by Gasteiger charge is 2.21. The van der Waals surface area contributed by atoms with Crippen LogP contribution in [0.3, 0.4) is 0 Å². The van der Waals surface area contributed by atoms with Crippen LogP contribution in [0.15, 0.2) is 61.1 Å². The van der Waals surface area contributed by atoms with Gasteiger partial charge >= 0.3 is 0 Å². The van der Waals surface area contributed by atoms with E-state index in [9.17, 15) is 0 Å². The molecule has 0 aliphatic rings. The van der Waals surface area contributed by atoms with Gasteiger partial charge in [0.05, 0.1) is 18.3 Å². The third-order valence-electron chi connectivity index (χ3n) is 5.35. The molecule has 0 fully saturated rings. The number of rotatable bonds is 5. The van der Waals surface area contributed by atoms with Crippen LogP contribution >= 0.6 is 0 Å². The lowest BCUT2D eigenvalue weighted by Gasteiger charge is -2.15. The summed E-state index contributed by atoms with van der Waals surface area (Å²) in [5.74, 6) is 2.95. The zero-order valence-corrected chi connectivity index (χ0v) is 18.9. The van der Waals surface area contributed by atoms with Crippen LogP contribution in [0, 0.1) is 25.1 Å². The monoisotopic (exact) mass is 466 g/mol. The molecule has 35 heavy (non-hydrogen) atoms. The minimum absolute atomic E-state index is 0.0307. The summed E-state index contributed by atoms with van der Waals surface area (Å²) in [6.45, 7) is 1.83. The van der Waals surface area contributed by atoms with Gasteiger partial charge in [-0.05, 0) is 37.3 Å². The molecule has 4 heterocycles. The first-order chi connectivity index (χ1) is 17.0. The highest BCUT2D eigenvalue weighted by molar-refractivity contribution is 5.92. The average Bonchev–Trinajstić information content (AvgIpc) is 3.25. The molecule has 0 amide bonds. The molecule has 0 unspecified atom stereocenters. The van der Waals surface area contributed by atoms with Crippen molar-refractivity contribution in [3.05, 3.63) is 78.1 Å². The van der Waals surface area contributed by atoms with Crippen molar-refractivity contribution in [3.63, 3.8) is 0 Å². The second-order valence-corrected chi connectivity index (χ2v) is 7.61. The fourth-order valence-electron chi connectivity index (χ4n) is 3.77. The Bertz CT molecular complexity index is 1620. The van der Waals surface area contributed by atoms with Crippen molar-refractivity contribution < 1.29 is 13.9 Å². The molecule has 0 atom stereocenters. The summed E-state index contributed by atoms with van der Waals surface area (Å²) in [4.78, 5) is 17.2. The number of aryl methyl sites for hydroxylation is 1. The highest BCUT2D eigenvalue weighted by atomic mass is 19.1. The number of halogens is 1. The van der Waals surface area contributed by atoms with Crippen LogP contribution in [-0.4, -0.2) is 31.6 Å². The van der Waals surface area contributed by atoms with Gasteiger partial charge in [-0.15, -0.1) is 6.42 Å². The van der Waals surface area contributed by atoms with Crippen LogP contribution in [0.2, 0.25) is 0 Å². The van der Waals surface area contributed by atoms with Gasteiger partial charge in [0.2, 0.25) is 5.88 Å². The molecule has 0 aliphatic carbocycles. The maximum atomic E-state index is 15.2. The van der Waals surface area contributed by atoms with Gasteiger partial charge in [0, 0.05) is 35.3 Å². The maximum absolute atomic E-state index is 15.2. The average molecular weight is 466 g/mol. The summed E-state index contributed by atoms with van der Waals surface area (Å²) in [5, 5.41) is 0. The molecule has 5 rings (SSSR count). The number of ether oxygens (including phenoxy) is 2. The number of hydrogen-bond acceptors (Lipinski definition) is 7. The number of methoxy groups -OCH3 is 1. The summed E-state index contributed by atoms with van der Waals surface area (Å²) >= 11 is 0. The Morgan fingerprint density at radius 2 is 1.91 bits per heavy atom. The number of anilines is 1. The Morgan fingerprint density at radius 1 is 1.06 bits per heavy atom. The standard InChI is InChI=1S/C26H19FN6O2/c1-4-16-10-22(34-3)24(29-13-16)20-12-19-25(26(28)31-14-30-19)33(20)17-8-9-21(18(27)11-17)35-23-7-5-6-15(2)32-23/h1,5-14H,2-3H3,(H2,28,30,31). The molecule has 0 radical (unpaired) electrons. The quantitative estimate of drug-likeness (QED) is 0.375. The lowest BCUT2D eigenvalue weighted by atomic mass is 10.2. The topological polar surface area (TPSA) is 101 Å². The summed E-state index contributed by atoms with van der Waals surface area (Å²) in [5.41, 5.74) is 10.1. The van der Waals surface area contributed by atoms with E-state index in [1.165, 1.54) is 25.6 Å². The Labute approximate surface area is 200 Å². The first-order valence-corrected chi connectivity index (χ1v) is 10.5. The van der Waals surface area contributed by atoms with Crippen LogP contribution < -0.4 is 15.2 Å². The SMILES string of the molecule is C#Cc1cnc(-c2cc3ncnc(N)c3n2-c2ccc(Oc3cccc(C)n3)c(F)c2)c(OC)c1. The molecule has 2 N–H and O–H groups in total. The first-order valence-electron chi connectivity index (χ1n) is 10.5. The molecule has 0 saturated carbocycles. The van der Waals surface area contributed by atoms with Crippen molar-refractivity contribution in [2.24, 2.45) is 0 Å². The lowest BCUT2D eigenvalue weighted by molar-refractivity contribution is 0.414. The zero-order valence-electron chi connectivity index (χ0n) is 18.9. The van der Waals surface area contributed by atoms with Crippen molar-refractivity contribution in [1.82, 2.24) is 24.5 Å². The number of benzene rings is 1. The van der Waals surface area contributed by atoms with Crippen molar-refractivity contribution in [2.75, 3.05) is 12.8 Å². The molecule has 0 saturated heterocycles. The molecule has 0 spiro atoms. The molecule has 4 aromatic heterocycles. The van der Waals surface area contributed by atoms with E-state index in [4.69, 9.17) is 21.6 Å². The normalized spacial score (nSPS) is 10.8. The Kier molecular flexibility index (Phi) is 5.47. The fourth-order valence-corrected chi connectivity index (χ4v) is 3.77. The predicted molar refractivity (Wildman–Crippen MR) is 130 cm³/mol. The molecule has 0 aliphatic heterocycles. The number of nitrogens with zero attached hydrogens (tertiary/aromatic N) is 5. The molecule has 1 aromatic carbocycles. The van der Waals surface area contributed by atoms with E-state index < -0.39 is 5.82 Å². The molecular weight excluding hydrogens is 447 g/mol. The van der Waals surface area contributed by atoms with Crippen molar-refractivity contribution in [2.45, 2.75) is 6.92 Å². The summed E-state index contributed by atoms with van der Waals surface area (Å²) < 4.78 is 28.1. The predicted octanol–water partition coefficient (Wildman–Crippen LogP) is 4.69. The lowest BCUT2D eigenvalue weighted by Crippen LogP contribution is -2.04. The van der Waals surface area contributed by atoms with E-state index >= 15 is 4.39 Å². The number of nitrogens with two attached hydrogens (primary N) is 1. The minimum atomic E-state index is -0.586. The molecule has 172 valence electrons. The Balaban J connectivity index is 1.68. The first kappa shape index (κ1) is 21.9. The van der Waals surface area contributed by atoms with Gasteiger partial charge in [0.25, 0.3) is 0 Å². The number of hydrogen-bond donors (Lipinski definition) is 1. The van der Waals surface area contributed by atoms with E-state index in [2.05, 4.69) is 25.9 Å². The molecular formula is C26H19FN6O2. The maximum Gasteiger partial charge on any atom is 0.219 e. The number of aromatic nitrogens is 5. The second kappa shape index (κ2) is 8.76. The van der Waals surface area contributed by atoms with E-state index in [-0.39, 0.29) is 11.6 Å². The van der Waals surface area contributed by atoms with Gasteiger partial charge in [-0.1, -0.05) is 12.0 Å². The molecule has 8 nitrogen and oxygen atoms in total. The van der Waals surface area contributed by atoms with Gasteiger partial charge in [-0.25, -0.2) is 24.3 Å². The van der Waals surface area contributed by atoms with Gasteiger partial charge in [-0.2, -0.15) is 0 Å². The van der Waals surface area contributed by atoms with E-state index in [0.29, 0.717) is 45.3 Å². The van der Waals surface area contributed by atoms with Crippen LogP contribution in [-0.2, 0) is 0 Å². The van der Waals surface area contributed by atoms with Crippen LogP contribution in [0.4, 0.5) is 10.2 Å². The van der Waals surface area contributed by atoms with E-state index in [1.807, 2.05) is 13.0 Å². The highest BCUT2D eigenvalue weighted by Crippen LogP contribution is 2.37. The van der Waals surface area contributed by atoms with Gasteiger partial charge in [0.1, 0.15) is 23.3 Å². The fraction of sp³-hybridized carbons (Fsp3) is 0.0769. The van der Waals surface area contributed by atoms with Gasteiger partial charge in [0.15, 0.2) is 17.4 Å². The third kappa shape index (κ3) is 3.98. The van der Waals surface area contributed by atoms with Crippen LogP contribution in [0.1, 0.15) is 11.3 Å². The number of pyridine rings is 2. The summed E-state index contributed by atoms with van der Waals surface area (Å²) in [6.07, 6.45) is 8.44. The van der Waals surface area contributed by atoms with Crippen LogP contribution in [0.5, 0.6) is 17.4 Å². The van der Waals surface area contributed by atoms with Crippen molar-refractivity contribution >= 4 is 16.9 Å². The van der Waals surface area contributed by atoms with E-state index in [0.717, 1.165) is 5.69 Å². The van der Waals surface area contributed by atoms with Crippen molar-refractivity contribution in [1.29, 1.82) is 0 Å². The van der Waals surface area contributed by atoms with Crippen molar-refractivity contribution in [3.8, 4) is 46.8 Å². The largest absolute Gasteiger partial charge is 0.494 e.